The highest BCUT2D eigenvalue weighted by Gasteiger charge is 2.36. The number of ether oxygens (including phenoxy) is 1. The van der Waals surface area contributed by atoms with Crippen LogP contribution in [-0.2, 0) is 9.53 Å². The number of nitrogens with zero attached hydrogens (tertiary/aromatic N) is 1. The highest BCUT2D eigenvalue weighted by Crippen LogP contribution is 2.28. The van der Waals surface area contributed by atoms with E-state index in [1.807, 2.05) is 20.8 Å². The van der Waals surface area contributed by atoms with E-state index in [0.717, 1.165) is 11.3 Å². The molecule has 29 heavy (non-hydrogen) atoms. The lowest BCUT2D eigenvalue weighted by molar-refractivity contribution is -0.125. The smallest absolute Gasteiger partial charge is 0.338 e. The third-order valence-corrected chi connectivity index (χ3v) is 4.85. The van der Waals surface area contributed by atoms with Gasteiger partial charge in [0.05, 0.1) is 22.4 Å². The van der Waals surface area contributed by atoms with Crippen LogP contribution in [0.25, 0.3) is 0 Å². The highest BCUT2D eigenvalue weighted by molar-refractivity contribution is 6.34. The average molecular weight is 394 g/mol. The largest absolute Gasteiger partial charge is 0.452 e. The van der Waals surface area contributed by atoms with E-state index in [9.17, 15) is 19.2 Å². The standard InChI is InChI=1S/C22H22N2O5/c1-4-22(2,3)23-18(25)13-29-21(28)14-9-11-15(12-10-14)24-19(26)16-7-5-6-8-17(16)20(24)27/h5-12H,4,13H2,1-3H3,(H,23,25). The fourth-order valence-electron chi connectivity index (χ4n) is 2.89. The summed E-state index contributed by atoms with van der Waals surface area (Å²) in [5.74, 6) is -1.86. The van der Waals surface area contributed by atoms with Crippen molar-refractivity contribution >= 4 is 29.4 Å². The van der Waals surface area contributed by atoms with E-state index in [0.29, 0.717) is 16.8 Å². The number of imide groups is 1. The molecule has 3 rings (SSSR count). The Labute approximate surface area is 168 Å². The summed E-state index contributed by atoms with van der Waals surface area (Å²) < 4.78 is 5.04. The molecule has 1 aliphatic heterocycles. The SMILES string of the molecule is CCC(C)(C)NC(=O)COC(=O)c1ccc(N2C(=O)c3ccccc3C2=O)cc1. The van der Waals surface area contributed by atoms with Crippen molar-refractivity contribution in [1.82, 2.24) is 5.32 Å². The third kappa shape index (κ3) is 4.18. The molecule has 0 radical (unpaired) electrons. The van der Waals surface area contributed by atoms with Gasteiger partial charge in [0.25, 0.3) is 17.7 Å². The van der Waals surface area contributed by atoms with E-state index in [4.69, 9.17) is 4.74 Å². The molecule has 2 aromatic carbocycles. The summed E-state index contributed by atoms with van der Waals surface area (Å²) in [4.78, 5) is 50.2. The maximum atomic E-state index is 12.5. The monoisotopic (exact) mass is 394 g/mol. The van der Waals surface area contributed by atoms with E-state index >= 15 is 0 Å². The molecule has 150 valence electrons. The van der Waals surface area contributed by atoms with Gasteiger partial charge in [-0.1, -0.05) is 19.1 Å². The Morgan fingerprint density at radius 2 is 1.52 bits per heavy atom. The zero-order valence-electron chi connectivity index (χ0n) is 16.5. The molecular formula is C22H22N2O5. The lowest BCUT2D eigenvalue weighted by Crippen LogP contribution is -2.44. The number of esters is 1. The second-order valence-electron chi connectivity index (χ2n) is 7.40. The van der Waals surface area contributed by atoms with Crippen LogP contribution in [0.5, 0.6) is 0 Å². The molecule has 1 heterocycles. The Morgan fingerprint density at radius 3 is 2.03 bits per heavy atom. The summed E-state index contributed by atoms with van der Waals surface area (Å²) in [6.07, 6.45) is 0.742. The lowest BCUT2D eigenvalue weighted by Gasteiger charge is -2.24. The number of carbonyl (C=O) groups excluding carboxylic acids is 4. The number of nitrogens with one attached hydrogen (secondary N) is 1. The van der Waals surface area contributed by atoms with Crippen LogP contribution in [0.3, 0.4) is 0 Å². The molecule has 7 heteroatoms. The van der Waals surface area contributed by atoms with Gasteiger partial charge < -0.3 is 10.1 Å². The van der Waals surface area contributed by atoms with Crippen molar-refractivity contribution in [3.05, 3.63) is 65.2 Å². The van der Waals surface area contributed by atoms with E-state index < -0.39 is 17.8 Å². The van der Waals surface area contributed by atoms with Crippen molar-refractivity contribution in [3.8, 4) is 0 Å². The number of hydrogen-bond donors (Lipinski definition) is 1. The van der Waals surface area contributed by atoms with Crippen molar-refractivity contribution in [2.75, 3.05) is 11.5 Å². The number of hydrogen-bond acceptors (Lipinski definition) is 5. The Morgan fingerprint density at radius 1 is 0.966 bits per heavy atom. The van der Waals surface area contributed by atoms with Gasteiger partial charge in [-0.15, -0.1) is 0 Å². The molecular weight excluding hydrogens is 372 g/mol. The average Bonchev–Trinajstić information content (AvgIpc) is 2.97. The van der Waals surface area contributed by atoms with Crippen LogP contribution < -0.4 is 10.2 Å². The lowest BCUT2D eigenvalue weighted by atomic mass is 10.0. The van der Waals surface area contributed by atoms with Crippen LogP contribution in [0, 0.1) is 0 Å². The van der Waals surface area contributed by atoms with Crippen LogP contribution in [-0.4, -0.2) is 35.8 Å². The van der Waals surface area contributed by atoms with Gasteiger partial charge in [-0.25, -0.2) is 9.69 Å². The van der Waals surface area contributed by atoms with Gasteiger partial charge in [-0.2, -0.15) is 0 Å². The number of benzene rings is 2. The van der Waals surface area contributed by atoms with Crippen molar-refractivity contribution in [3.63, 3.8) is 0 Å². The molecule has 0 spiro atoms. The number of carbonyl (C=O) groups is 4. The normalized spacial score (nSPS) is 13.3. The van der Waals surface area contributed by atoms with E-state index in [2.05, 4.69) is 5.32 Å². The topological polar surface area (TPSA) is 92.8 Å². The maximum Gasteiger partial charge on any atom is 0.338 e. The summed E-state index contributed by atoms with van der Waals surface area (Å²) in [6, 6.07) is 12.5. The molecule has 0 bridgehead atoms. The van der Waals surface area contributed by atoms with E-state index in [1.165, 1.54) is 24.3 Å². The van der Waals surface area contributed by atoms with E-state index in [-0.39, 0.29) is 23.6 Å². The molecule has 0 aliphatic carbocycles. The van der Waals surface area contributed by atoms with E-state index in [1.54, 1.807) is 24.3 Å². The zero-order valence-corrected chi connectivity index (χ0v) is 16.5. The van der Waals surface area contributed by atoms with Gasteiger partial charge in [-0.3, -0.25) is 14.4 Å². The predicted octanol–water partition coefficient (Wildman–Crippen LogP) is 2.95. The molecule has 0 saturated carbocycles. The first-order valence-corrected chi connectivity index (χ1v) is 9.29. The van der Waals surface area contributed by atoms with Gasteiger partial charge in [0.1, 0.15) is 0 Å². The molecule has 0 aromatic heterocycles. The van der Waals surface area contributed by atoms with Gasteiger partial charge >= 0.3 is 5.97 Å². The highest BCUT2D eigenvalue weighted by atomic mass is 16.5. The quantitative estimate of drug-likeness (QED) is 0.601. The van der Waals surface area contributed by atoms with Gasteiger partial charge in [-0.05, 0) is 56.7 Å². The summed E-state index contributed by atoms with van der Waals surface area (Å²) in [6.45, 7) is 5.32. The Balaban J connectivity index is 1.65. The minimum Gasteiger partial charge on any atom is -0.452 e. The summed E-state index contributed by atoms with van der Waals surface area (Å²) in [7, 11) is 0. The number of amides is 3. The van der Waals surface area contributed by atoms with Crippen molar-refractivity contribution in [2.45, 2.75) is 32.7 Å². The zero-order chi connectivity index (χ0) is 21.2. The molecule has 0 fully saturated rings. The fraction of sp³-hybridized carbons (Fsp3) is 0.273. The molecule has 2 aromatic rings. The first-order valence-electron chi connectivity index (χ1n) is 9.29. The van der Waals surface area contributed by atoms with Crippen molar-refractivity contribution in [1.29, 1.82) is 0 Å². The minimum atomic E-state index is -0.664. The predicted molar refractivity (Wildman–Crippen MR) is 107 cm³/mol. The summed E-state index contributed by atoms with van der Waals surface area (Å²) in [5.41, 5.74) is 0.893. The first kappa shape index (κ1) is 20.3. The molecule has 3 amide bonds. The summed E-state index contributed by atoms with van der Waals surface area (Å²) in [5, 5.41) is 2.78. The van der Waals surface area contributed by atoms with Gasteiger partial charge in [0, 0.05) is 5.54 Å². The third-order valence-electron chi connectivity index (χ3n) is 4.85. The molecule has 0 unspecified atom stereocenters. The number of anilines is 1. The van der Waals surface area contributed by atoms with Crippen LogP contribution >= 0.6 is 0 Å². The van der Waals surface area contributed by atoms with Crippen LogP contribution in [0.1, 0.15) is 58.3 Å². The fourth-order valence-corrected chi connectivity index (χ4v) is 2.89. The first-order chi connectivity index (χ1) is 13.7. The Bertz CT molecular complexity index is 944. The molecule has 1 N–H and O–H groups in total. The van der Waals surface area contributed by atoms with Crippen LogP contribution in [0.2, 0.25) is 0 Å². The Kier molecular flexibility index (Phi) is 5.50. The van der Waals surface area contributed by atoms with Crippen LogP contribution in [0.15, 0.2) is 48.5 Å². The van der Waals surface area contributed by atoms with Crippen molar-refractivity contribution in [2.24, 2.45) is 0 Å². The van der Waals surface area contributed by atoms with Gasteiger partial charge in [0.15, 0.2) is 6.61 Å². The number of rotatable bonds is 6. The summed E-state index contributed by atoms with van der Waals surface area (Å²) >= 11 is 0. The molecule has 7 nitrogen and oxygen atoms in total. The second-order valence-corrected chi connectivity index (χ2v) is 7.40. The number of fused-ring (bicyclic) bond motifs is 1. The molecule has 1 aliphatic rings. The second kappa shape index (κ2) is 7.87. The van der Waals surface area contributed by atoms with Crippen molar-refractivity contribution < 1.29 is 23.9 Å². The molecule has 0 atom stereocenters. The van der Waals surface area contributed by atoms with Gasteiger partial charge in [0.2, 0.25) is 0 Å². The maximum absolute atomic E-state index is 12.5. The Hall–Kier alpha value is -3.48. The minimum absolute atomic E-state index is 0.216. The van der Waals surface area contributed by atoms with Crippen LogP contribution in [0.4, 0.5) is 5.69 Å². The molecule has 0 saturated heterocycles.